The van der Waals surface area contributed by atoms with Gasteiger partial charge in [0.1, 0.15) is 0 Å². The van der Waals surface area contributed by atoms with Crippen LogP contribution in [0.15, 0.2) is 0 Å². The molecule has 1 N–H and O–H groups in total. The standard InChI is InChI=1S/C11H23NO2/c1-10(2)6-5-7-11(3,4)12(10)14-9-8-13/h13H,5-9H2,1-4H3. The molecule has 0 atom stereocenters. The van der Waals surface area contributed by atoms with Crippen molar-refractivity contribution in [3.05, 3.63) is 0 Å². The lowest BCUT2D eigenvalue weighted by Gasteiger charge is -2.51. The summed E-state index contributed by atoms with van der Waals surface area (Å²) in [4.78, 5) is 5.65. The Morgan fingerprint density at radius 1 is 1.14 bits per heavy atom. The summed E-state index contributed by atoms with van der Waals surface area (Å²) in [6.45, 7) is 9.28. The van der Waals surface area contributed by atoms with Crippen LogP contribution in [0.5, 0.6) is 0 Å². The minimum atomic E-state index is 0.0803. The number of rotatable bonds is 3. The molecule has 0 radical (unpaired) electrons. The molecule has 1 aliphatic rings. The summed E-state index contributed by atoms with van der Waals surface area (Å²) in [5.74, 6) is 0. The molecule has 1 saturated heterocycles. The van der Waals surface area contributed by atoms with Crippen LogP contribution in [0, 0.1) is 0 Å². The first-order chi connectivity index (χ1) is 6.40. The van der Waals surface area contributed by atoms with Gasteiger partial charge in [0.05, 0.1) is 13.2 Å². The largest absolute Gasteiger partial charge is 0.394 e. The third-order valence-corrected chi connectivity index (χ3v) is 2.99. The van der Waals surface area contributed by atoms with Crippen molar-refractivity contribution in [3.8, 4) is 0 Å². The Kier molecular flexibility index (Phi) is 3.56. The van der Waals surface area contributed by atoms with Gasteiger partial charge in [0.15, 0.2) is 0 Å². The topological polar surface area (TPSA) is 32.7 Å². The number of hydroxylamine groups is 2. The molecule has 0 unspecified atom stereocenters. The Balaban J connectivity index is 2.70. The average molecular weight is 201 g/mol. The maximum absolute atomic E-state index is 8.79. The lowest BCUT2D eigenvalue weighted by atomic mass is 9.82. The third-order valence-electron chi connectivity index (χ3n) is 2.99. The summed E-state index contributed by atoms with van der Waals surface area (Å²) in [6, 6.07) is 0. The molecule has 84 valence electrons. The van der Waals surface area contributed by atoms with Gasteiger partial charge in [-0.2, -0.15) is 5.06 Å². The van der Waals surface area contributed by atoms with Crippen molar-refractivity contribution in [3.63, 3.8) is 0 Å². The molecular formula is C11H23NO2. The average Bonchev–Trinajstić information content (AvgIpc) is 2.01. The number of hydrogen-bond acceptors (Lipinski definition) is 3. The van der Waals surface area contributed by atoms with Crippen LogP contribution in [0.4, 0.5) is 0 Å². The number of hydrogen-bond donors (Lipinski definition) is 1. The summed E-state index contributed by atoms with van der Waals surface area (Å²) in [7, 11) is 0. The van der Waals surface area contributed by atoms with E-state index in [1.807, 2.05) is 0 Å². The highest BCUT2D eigenvalue weighted by Crippen LogP contribution is 2.38. The molecule has 3 nitrogen and oxygen atoms in total. The van der Waals surface area contributed by atoms with E-state index >= 15 is 0 Å². The molecule has 0 aromatic heterocycles. The van der Waals surface area contributed by atoms with E-state index in [1.165, 1.54) is 6.42 Å². The van der Waals surface area contributed by atoms with Gasteiger partial charge in [-0.1, -0.05) is 0 Å². The second kappa shape index (κ2) is 4.17. The lowest BCUT2D eigenvalue weighted by Crippen LogP contribution is -2.58. The zero-order chi connectivity index (χ0) is 10.8. The highest BCUT2D eigenvalue weighted by Gasteiger charge is 2.42. The first-order valence-electron chi connectivity index (χ1n) is 5.44. The van der Waals surface area contributed by atoms with Crippen molar-refractivity contribution in [2.45, 2.75) is 58.0 Å². The van der Waals surface area contributed by atoms with Gasteiger partial charge in [0.2, 0.25) is 0 Å². The van der Waals surface area contributed by atoms with Crippen molar-refractivity contribution in [2.24, 2.45) is 0 Å². The molecule has 0 spiro atoms. The van der Waals surface area contributed by atoms with E-state index in [-0.39, 0.29) is 17.7 Å². The minimum Gasteiger partial charge on any atom is -0.394 e. The smallest absolute Gasteiger partial charge is 0.0916 e. The normalized spacial score (nSPS) is 26.4. The summed E-state index contributed by atoms with van der Waals surface area (Å²) >= 11 is 0. The van der Waals surface area contributed by atoms with Crippen molar-refractivity contribution < 1.29 is 9.94 Å². The Labute approximate surface area is 87.0 Å². The van der Waals surface area contributed by atoms with Gasteiger partial charge >= 0.3 is 0 Å². The van der Waals surface area contributed by atoms with E-state index < -0.39 is 0 Å². The fourth-order valence-electron chi connectivity index (χ4n) is 2.46. The van der Waals surface area contributed by atoms with Crippen LogP contribution in [0.1, 0.15) is 47.0 Å². The molecule has 0 aliphatic carbocycles. The van der Waals surface area contributed by atoms with Gasteiger partial charge in [0.25, 0.3) is 0 Å². The molecule has 0 saturated carbocycles. The second-order valence-corrected chi connectivity index (χ2v) is 5.33. The van der Waals surface area contributed by atoms with E-state index in [4.69, 9.17) is 9.94 Å². The molecule has 14 heavy (non-hydrogen) atoms. The summed E-state index contributed by atoms with van der Waals surface area (Å²) < 4.78 is 0. The van der Waals surface area contributed by atoms with Gasteiger partial charge in [-0.25, -0.2) is 0 Å². The van der Waals surface area contributed by atoms with Crippen LogP contribution >= 0.6 is 0 Å². The van der Waals surface area contributed by atoms with E-state index in [0.717, 1.165) is 12.8 Å². The molecule has 0 amide bonds. The van der Waals surface area contributed by atoms with Gasteiger partial charge in [-0.3, -0.25) is 4.84 Å². The molecule has 0 bridgehead atoms. The van der Waals surface area contributed by atoms with Crippen LogP contribution in [0.25, 0.3) is 0 Å². The first kappa shape index (κ1) is 12.0. The van der Waals surface area contributed by atoms with E-state index in [2.05, 4.69) is 32.8 Å². The van der Waals surface area contributed by atoms with Crippen molar-refractivity contribution in [1.29, 1.82) is 0 Å². The molecule has 3 heteroatoms. The lowest BCUT2D eigenvalue weighted by molar-refractivity contribution is -0.283. The summed E-state index contributed by atoms with van der Waals surface area (Å²) in [6.07, 6.45) is 3.56. The maximum Gasteiger partial charge on any atom is 0.0916 e. The summed E-state index contributed by atoms with van der Waals surface area (Å²) in [5.41, 5.74) is 0.161. The zero-order valence-electron chi connectivity index (χ0n) is 9.84. The van der Waals surface area contributed by atoms with Crippen LogP contribution < -0.4 is 0 Å². The predicted octanol–water partition coefficient (Wildman–Crippen LogP) is 1.95. The SMILES string of the molecule is CC1(C)CCCC(C)(C)N1OCCO. The Morgan fingerprint density at radius 2 is 1.64 bits per heavy atom. The van der Waals surface area contributed by atoms with Crippen LogP contribution in [-0.4, -0.2) is 34.5 Å². The molecular weight excluding hydrogens is 178 g/mol. The Morgan fingerprint density at radius 3 is 2.07 bits per heavy atom. The monoisotopic (exact) mass is 201 g/mol. The van der Waals surface area contributed by atoms with E-state index in [9.17, 15) is 0 Å². The predicted molar refractivity (Wildman–Crippen MR) is 56.9 cm³/mol. The van der Waals surface area contributed by atoms with Gasteiger partial charge < -0.3 is 5.11 Å². The third kappa shape index (κ3) is 2.47. The molecule has 0 aromatic carbocycles. The van der Waals surface area contributed by atoms with Gasteiger partial charge in [-0.15, -0.1) is 0 Å². The van der Waals surface area contributed by atoms with E-state index in [0.29, 0.717) is 6.61 Å². The second-order valence-electron chi connectivity index (χ2n) is 5.33. The molecule has 1 heterocycles. The number of aliphatic hydroxyl groups is 1. The Hall–Kier alpha value is -0.120. The zero-order valence-corrected chi connectivity index (χ0v) is 9.84. The molecule has 0 aromatic rings. The maximum atomic E-state index is 8.79. The van der Waals surface area contributed by atoms with Gasteiger partial charge in [0, 0.05) is 11.1 Å². The van der Waals surface area contributed by atoms with Crippen LogP contribution in [0.2, 0.25) is 0 Å². The van der Waals surface area contributed by atoms with E-state index in [1.54, 1.807) is 0 Å². The van der Waals surface area contributed by atoms with Crippen molar-refractivity contribution in [2.75, 3.05) is 13.2 Å². The Bertz CT molecular complexity index is 174. The van der Waals surface area contributed by atoms with Crippen molar-refractivity contribution in [1.82, 2.24) is 5.06 Å². The van der Waals surface area contributed by atoms with Gasteiger partial charge in [-0.05, 0) is 47.0 Å². The highest BCUT2D eigenvalue weighted by atomic mass is 16.7. The first-order valence-corrected chi connectivity index (χ1v) is 5.44. The summed E-state index contributed by atoms with van der Waals surface area (Å²) in [5, 5.41) is 10.9. The quantitative estimate of drug-likeness (QED) is 0.757. The molecule has 1 fully saturated rings. The minimum absolute atomic E-state index is 0.0803. The highest BCUT2D eigenvalue weighted by molar-refractivity contribution is 4.92. The fraction of sp³-hybridized carbons (Fsp3) is 1.00. The molecule has 1 rings (SSSR count). The number of piperidine rings is 1. The number of aliphatic hydroxyl groups excluding tert-OH is 1. The van der Waals surface area contributed by atoms with Crippen LogP contribution in [0.3, 0.4) is 0 Å². The van der Waals surface area contributed by atoms with Crippen LogP contribution in [-0.2, 0) is 4.84 Å². The number of nitrogens with zero attached hydrogens (tertiary/aromatic N) is 1. The van der Waals surface area contributed by atoms with Crippen molar-refractivity contribution >= 4 is 0 Å². The fourth-order valence-corrected chi connectivity index (χ4v) is 2.46. The molecule has 1 aliphatic heterocycles.